The first-order valence-electron chi connectivity index (χ1n) is 5.13. The van der Waals surface area contributed by atoms with E-state index in [1.54, 1.807) is 6.07 Å². The third-order valence-corrected chi connectivity index (χ3v) is 2.33. The Morgan fingerprint density at radius 3 is 2.17 bits per heavy atom. The van der Waals surface area contributed by atoms with E-state index in [9.17, 15) is 13.2 Å². The molecule has 2 nitrogen and oxygen atoms in total. The van der Waals surface area contributed by atoms with Crippen LogP contribution in [0.3, 0.4) is 0 Å². The zero-order valence-electron chi connectivity index (χ0n) is 9.61. The topological polar surface area (TPSA) is 47.9 Å². The van der Waals surface area contributed by atoms with Crippen molar-refractivity contribution in [2.75, 3.05) is 0 Å². The van der Waals surface area contributed by atoms with E-state index in [-0.39, 0.29) is 6.15 Å². The molecule has 1 aromatic heterocycles. The minimum Gasteiger partial charge on any atom is -0.344 e. The standard InChI is InChI=1S/C13H10F3N.H3N/c14-13(15,16)12-8-4-7-11(17-12)9-10-5-2-1-3-6-10;/h1-8H,9H2;1H3. The Hall–Kier alpha value is -1.88. The summed E-state index contributed by atoms with van der Waals surface area (Å²) in [4.78, 5) is 3.61. The number of benzene rings is 1. The second-order valence-corrected chi connectivity index (χ2v) is 3.67. The molecule has 0 spiro atoms. The molecule has 0 atom stereocenters. The molecule has 3 N–H and O–H groups in total. The normalized spacial score (nSPS) is 10.8. The highest BCUT2D eigenvalue weighted by Gasteiger charge is 2.32. The summed E-state index contributed by atoms with van der Waals surface area (Å²) < 4.78 is 37.3. The molecule has 0 saturated heterocycles. The quantitative estimate of drug-likeness (QED) is 0.884. The van der Waals surface area contributed by atoms with E-state index in [1.807, 2.05) is 30.3 Å². The van der Waals surface area contributed by atoms with Gasteiger partial charge < -0.3 is 6.15 Å². The van der Waals surface area contributed by atoms with Crippen molar-refractivity contribution < 1.29 is 13.2 Å². The molecule has 0 aliphatic carbocycles. The van der Waals surface area contributed by atoms with Gasteiger partial charge in [-0.05, 0) is 17.7 Å². The molecule has 0 aliphatic rings. The van der Waals surface area contributed by atoms with Crippen LogP contribution in [0.4, 0.5) is 13.2 Å². The molecule has 0 amide bonds. The SMILES string of the molecule is FC(F)(F)c1cccc(Cc2ccccc2)n1.N. The van der Waals surface area contributed by atoms with Gasteiger partial charge in [-0.25, -0.2) is 4.98 Å². The van der Waals surface area contributed by atoms with Gasteiger partial charge in [0.05, 0.1) is 0 Å². The lowest BCUT2D eigenvalue weighted by atomic mass is 10.1. The van der Waals surface area contributed by atoms with Crippen LogP contribution < -0.4 is 6.15 Å². The Bertz CT molecular complexity index is 495. The molecule has 2 aromatic rings. The fourth-order valence-corrected chi connectivity index (χ4v) is 1.54. The molecule has 1 aromatic carbocycles. The third kappa shape index (κ3) is 3.56. The number of hydrogen-bond acceptors (Lipinski definition) is 2. The van der Waals surface area contributed by atoms with Gasteiger partial charge in [-0.3, -0.25) is 0 Å². The van der Waals surface area contributed by atoms with E-state index in [0.717, 1.165) is 11.6 Å². The zero-order valence-corrected chi connectivity index (χ0v) is 9.61. The van der Waals surface area contributed by atoms with Gasteiger partial charge in [0.2, 0.25) is 0 Å². The van der Waals surface area contributed by atoms with Crippen molar-refractivity contribution in [2.45, 2.75) is 12.6 Å². The monoisotopic (exact) mass is 254 g/mol. The molecule has 0 fully saturated rings. The lowest BCUT2D eigenvalue weighted by molar-refractivity contribution is -0.141. The Morgan fingerprint density at radius 1 is 0.889 bits per heavy atom. The second-order valence-electron chi connectivity index (χ2n) is 3.67. The van der Waals surface area contributed by atoms with Gasteiger partial charge in [0.15, 0.2) is 0 Å². The van der Waals surface area contributed by atoms with Crippen LogP contribution >= 0.6 is 0 Å². The van der Waals surface area contributed by atoms with Crippen LogP contribution in [0.5, 0.6) is 0 Å². The summed E-state index contributed by atoms with van der Waals surface area (Å²) in [5.41, 5.74) is 0.524. The summed E-state index contributed by atoms with van der Waals surface area (Å²) in [7, 11) is 0. The Morgan fingerprint density at radius 2 is 1.56 bits per heavy atom. The predicted molar refractivity (Wildman–Crippen MR) is 63.5 cm³/mol. The summed E-state index contributed by atoms with van der Waals surface area (Å²) >= 11 is 0. The first-order chi connectivity index (χ1) is 8.05. The molecule has 1 heterocycles. The van der Waals surface area contributed by atoms with E-state index in [1.165, 1.54) is 6.07 Å². The highest BCUT2D eigenvalue weighted by Crippen LogP contribution is 2.27. The van der Waals surface area contributed by atoms with Crippen molar-refractivity contribution in [3.63, 3.8) is 0 Å². The molecule has 2 rings (SSSR count). The van der Waals surface area contributed by atoms with Crippen molar-refractivity contribution in [1.29, 1.82) is 0 Å². The van der Waals surface area contributed by atoms with E-state index >= 15 is 0 Å². The number of halogens is 3. The summed E-state index contributed by atoms with van der Waals surface area (Å²) in [6, 6.07) is 13.3. The van der Waals surface area contributed by atoms with Crippen LogP contribution in [0.1, 0.15) is 17.0 Å². The highest BCUT2D eigenvalue weighted by molar-refractivity contribution is 5.23. The predicted octanol–water partition coefficient (Wildman–Crippen LogP) is 3.85. The highest BCUT2D eigenvalue weighted by atomic mass is 19.4. The lowest BCUT2D eigenvalue weighted by Gasteiger charge is -2.07. The molecule has 96 valence electrons. The summed E-state index contributed by atoms with van der Waals surface area (Å²) in [6.45, 7) is 0. The summed E-state index contributed by atoms with van der Waals surface area (Å²) in [5, 5.41) is 0. The van der Waals surface area contributed by atoms with Gasteiger partial charge in [0.25, 0.3) is 0 Å². The van der Waals surface area contributed by atoms with Crippen LogP contribution in [0.15, 0.2) is 48.5 Å². The van der Waals surface area contributed by atoms with E-state index in [0.29, 0.717) is 12.1 Å². The fourth-order valence-electron chi connectivity index (χ4n) is 1.54. The smallest absolute Gasteiger partial charge is 0.344 e. The molecular formula is C13H13F3N2. The number of rotatable bonds is 2. The van der Waals surface area contributed by atoms with E-state index in [4.69, 9.17) is 0 Å². The molecule has 0 bridgehead atoms. The first kappa shape index (κ1) is 14.2. The average Bonchev–Trinajstić information content (AvgIpc) is 2.29. The fraction of sp³-hybridized carbons (Fsp3) is 0.154. The van der Waals surface area contributed by atoms with Gasteiger partial charge in [0, 0.05) is 12.1 Å². The largest absolute Gasteiger partial charge is 0.433 e. The Labute approximate surface area is 103 Å². The average molecular weight is 254 g/mol. The molecule has 18 heavy (non-hydrogen) atoms. The minimum absolute atomic E-state index is 0. The maximum atomic E-state index is 12.4. The van der Waals surface area contributed by atoms with Crippen molar-refractivity contribution in [2.24, 2.45) is 0 Å². The van der Waals surface area contributed by atoms with Crippen LogP contribution in [0.25, 0.3) is 0 Å². The molecule has 0 radical (unpaired) electrons. The van der Waals surface area contributed by atoms with Crippen LogP contribution in [-0.2, 0) is 12.6 Å². The number of aromatic nitrogens is 1. The van der Waals surface area contributed by atoms with Gasteiger partial charge >= 0.3 is 6.18 Å². The second kappa shape index (κ2) is 5.64. The van der Waals surface area contributed by atoms with Crippen LogP contribution in [0, 0.1) is 0 Å². The third-order valence-electron chi connectivity index (χ3n) is 2.33. The lowest BCUT2D eigenvalue weighted by Crippen LogP contribution is -2.09. The van der Waals surface area contributed by atoms with Crippen molar-refractivity contribution in [1.82, 2.24) is 11.1 Å². The number of pyridine rings is 1. The van der Waals surface area contributed by atoms with Crippen LogP contribution in [0.2, 0.25) is 0 Å². The summed E-state index contributed by atoms with van der Waals surface area (Å²) in [6.07, 6.45) is -3.97. The van der Waals surface area contributed by atoms with E-state index < -0.39 is 11.9 Å². The molecule has 0 saturated carbocycles. The number of hydrogen-bond donors (Lipinski definition) is 1. The first-order valence-corrected chi connectivity index (χ1v) is 5.13. The molecule has 5 heteroatoms. The Balaban J connectivity index is 0.00000162. The van der Waals surface area contributed by atoms with Crippen molar-refractivity contribution in [3.8, 4) is 0 Å². The maximum Gasteiger partial charge on any atom is 0.433 e. The van der Waals surface area contributed by atoms with Gasteiger partial charge in [-0.2, -0.15) is 13.2 Å². The molecular weight excluding hydrogens is 241 g/mol. The zero-order chi connectivity index (χ0) is 12.3. The van der Waals surface area contributed by atoms with Gasteiger partial charge in [-0.1, -0.05) is 36.4 Å². The van der Waals surface area contributed by atoms with Crippen molar-refractivity contribution in [3.05, 3.63) is 65.5 Å². The number of nitrogens with zero attached hydrogens (tertiary/aromatic N) is 1. The Kier molecular flexibility index (Phi) is 4.44. The minimum atomic E-state index is -4.38. The maximum absolute atomic E-state index is 12.4. The van der Waals surface area contributed by atoms with Gasteiger partial charge in [0.1, 0.15) is 5.69 Å². The number of alkyl halides is 3. The van der Waals surface area contributed by atoms with Crippen LogP contribution in [-0.4, -0.2) is 4.98 Å². The molecule has 0 unspecified atom stereocenters. The summed E-state index contributed by atoms with van der Waals surface area (Å²) in [5.74, 6) is 0. The van der Waals surface area contributed by atoms with Crippen molar-refractivity contribution >= 4 is 0 Å². The molecule has 0 aliphatic heterocycles. The van der Waals surface area contributed by atoms with E-state index in [2.05, 4.69) is 4.98 Å². The van der Waals surface area contributed by atoms with Gasteiger partial charge in [-0.15, -0.1) is 0 Å².